The Morgan fingerprint density at radius 1 is 0.920 bits per heavy atom. The lowest BCUT2D eigenvalue weighted by atomic mass is 10.0. The van der Waals surface area contributed by atoms with Crippen molar-refractivity contribution in [3.8, 4) is 0 Å². The van der Waals surface area contributed by atoms with Crippen LogP contribution in [0.3, 0.4) is 0 Å². The second-order valence-electron chi connectivity index (χ2n) is 5.23. The zero-order valence-electron chi connectivity index (χ0n) is 13.2. The number of nitrogen functional groups attached to an aromatic ring is 1. The number of fused-ring (bicyclic) bond motifs is 2. The number of aryl methyl sites for hydroxylation is 2. The highest BCUT2D eigenvalue weighted by Crippen LogP contribution is 2.29. The molecule has 2 heterocycles. The number of nitrogens with two attached hydrogens (primary N) is 1. The molecule has 2 N–H and O–H groups in total. The number of alkyl halides is 2. The molecule has 0 saturated heterocycles. The largest absolute Gasteiger partial charge is 0.375 e. The van der Waals surface area contributed by atoms with E-state index in [-0.39, 0.29) is 11.6 Å². The molecule has 0 unspecified atom stereocenters. The first kappa shape index (κ1) is 21.6. The van der Waals surface area contributed by atoms with E-state index >= 15 is 0 Å². The molecule has 0 atom stereocenters. The molecular formula is C15H16BrI2N3O2S2. The van der Waals surface area contributed by atoms with Crippen molar-refractivity contribution in [3.05, 3.63) is 25.1 Å². The molecule has 2 aromatic rings. The molecule has 0 bridgehead atoms. The monoisotopic (exact) mass is 667 g/mol. The lowest BCUT2D eigenvalue weighted by molar-refractivity contribution is 0.0968. The maximum Gasteiger partial charge on any atom is 0.180 e. The Morgan fingerprint density at radius 2 is 1.40 bits per heavy atom. The van der Waals surface area contributed by atoms with Crippen LogP contribution in [-0.4, -0.2) is 24.0 Å². The number of ketones is 2. The Balaban J connectivity index is 0.000000156. The Kier molecular flexibility index (Phi) is 9.19. The zero-order valence-corrected chi connectivity index (χ0v) is 20.7. The molecule has 4 rings (SSSR count). The quantitative estimate of drug-likeness (QED) is 0.297. The van der Waals surface area contributed by atoms with Crippen LogP contribution in [-0.2, 0) is 12.8 Å². The van der Waals surface area contributed by atoms with Gasteiger partial charge in [0.15, 0.2) is 20.6 Å². The summed E-state index contributed by atoms with van der Waals surface area (Å²) in [4.78, 5) is 32.4. The van der Waals surface area contributed by atoms with Crippen molar-refractivity contribution in [2.75, 3.05) is 8.17 Å². The predicted octanol–water partition coefficient (Wildman–Crippen LogP) is 5.48. The fraction of sp³-hybridized carbons (Fsp3) is 0.467. The van der Waals surface area contributed by atoms with Crippen LogP contribution < -0.4 is 5.73 Å². The van der Waals surface area contributed by atoms with E-state index in [9.17, 15) is 9.59 Å². The number of nitrogens with zero attached hydrogens (tertiary/aromatic N) is 2. The van der Waals surface area contributed by atoms with E-state index in [1.807, 2.05) is 0 Å². The van der Waals surface area contributed by atoms with Gasteiger partial charge in [0.25, 0.3) is 0 Å². The summed E-state index contributed by atoms with van der Waals surface area (Å²) in [5, 5.41) is 0.519. The van der Waals surface area contributed by atoms with Gasteiger partial charge < -0.3 is 5.73 Å². The van der Waals surface area contributed by atoms with Gasteiger partial charge in [0.2, 0.25) is 0 Å². The van der Waals surface area contributed by atoms with Crippen LogP contribution in [0.25, 0.3) is 0 Å². The van der Waals surface area contributed by atoms with Gasteiger partial charge in [-0.1, -0.05) is 56.5 Å². The number of hydrogen-bond donors (Lipinski definition) is 1. The number of thiazole rings is 2. The summed E-state index contributed by atoms with van der Waals surface area (Å²) in [6.45, 7) is 0. The Hall–Kier alpha value is 0.340. The minimum Gasteiger partial charge on any atom is -0.375 e. The standard InChI is InChI=1S/C7H6BrNOS.C7H8N2OS.CH2I2/c2*8-7-9-4-2-1-3-5(10)6(4)11-7;2-1-3/h1-3H2;1-3H2,(H2,8,9);1H2. The van der Waals surface area contributed by atoms with E-state index in [2.05, 4.69) is 71.1 Å². The van der Waals surface area contributed by atoms with Crippen molar-refractivity contribution < 1.29 is 9.59 Å². The third kappa shape index (κ3) is 6.18. The maximum absolute atomic E-state index is 11.2. The SMILES string of the molecule is ICI.Nc1nc2c(s1)C(=O)CCC2.O=C1CCCc2nc(Br)sc21. The highest BCUT2D eigenvalue weighted by atomic mass is 127. The van der Waals surface area contributed by atoms with Crippen LogP contribution in [0.4, 0.5) is 5.13 Å². The number of Topliss-reactive ketones (excluding diaryl/α,β-unsaturated/α-hetero) is 2. The lowest BCUT2D eigenvalue weighted by Crippen LogP contribution is -2.07. The molecule has 0 aliphatic heterocycles. The number of aromatic nitrogens is 2. The average molecular weight is 668 g/mol. The van der Waals surface area contributed by atoms with Crippen molar-refractivity contribution in [1.29, 1.82) is 0 Å². The first-order valence-corrected chi connectivity index (χ1v) is 13.0. The van der Waals surface area contributed by atoms with Gasteiger partial charge >= 0.3 is 0 Å². The first-order valence-electron chi connectivity index (χ1n) is 7.55. The minimum atomic E-state index is 0.209. The van der Waals surface area contributed by atoms with Gasteiger partial charge in [-0.2, -0.15) is 0 Å². The molecule has 0 radical (unpaired) electrons. The van der Waals surface area contributed by atoms with Gasteiger partial charge in [-0.3, -0.25) is 9.59 Å². The van der Waals surface area contributed by atoms with Crippen LogP contribution in [0.1, 0.15) is 56.4 Å². The summed E-state index contributed by atoms with van der Waals surface area (Å²) in [5.74, 6) is 0.468. The minimum absolute atomic E-state index is 0.209. The second kappa shape index (κ2) is 10.6. The number of anilines is 1. The summed E-state index contributed by atoms with van der Waals surface area (Å²) >= 11 is 10.6. The topological polar surface area (TPSA) is 85.9 Å². The van der Waals surface area contributed by atoms with Gasteiger partial charge in [0.05, 0.1) is 23.6 Å². The Morgan fingerprint density at radius 3 is 1.88 bits per heavy atom. The molecule has 136 valence electrons. The molecule has 2 aliphatic carbocycles. The summed E-state index contributed by atoms with van der Waals surface area (Å²) in [6.07, 6.45) is 5.12. The fourth-order valence-corrected chi connectivity index (χ4v) is 4.88. The van der Waals surface area contributed by atoms with Crippen LogP contribution in [0.15, 0.2) is 3.92 Å². The van der Waals surface area contributed by atoms with Crippen LogP contribution >= 0.6 is 83.8 Å². The van der Waals surface area contributed by atoms with E-state index < -0.39 is 0 Å². The Bertz CT molecular complexity index is 702. The van der Waals surface area contributed by atoms with Crippen molar-refractivity contribution in [1.82, 2.24) is 9.97 Å². The van der Waals surface area contributed by atoms with Gasteiger partial charge in [-0.05, 0) is 41.6 Å². The molecule has 25 heavy (non-hydrogen) atoms. The highest BCUT2D eigenvalue weighted by Gasteiger charge is 2.21. The normalized spacial score (nSPS) is 15.3. The molecule has 10 heteroatoms. The molecule has 5 nitrogen and oxygen atoms in total. The van der Waals surface area contributed by atoms with E-state index in [4.69, 9.17) is 5.73 Å². The summed E-state index contributed by atoms with van der Waals surface area (Å²) in [5.41, 5.74) is 7.37. The molecule has 0 aromatic carbocycles. The van der Waals surface area contributed by atoms with Gasteiger partial charge in [-0.15, -0.1) is 11.3 Å². The number of hydrogen-bond acceptors (Lipinski definition) is 7. The van der Waals surface area contributed by atoms with E-state index in [0.717, 1.165) is 50.7 Å². The molecule has 0 saturated carbocycles. The maximum atomic E-state index is 11.2. The predicted molar refractivity (Wildman–Crippen MR) is 124 cm³/mol. The van der Waals surface area contributed by atoms with Crippen LogP contribution in [0.5, 0.6) is 0 Å². The first-order chi connectivity index (χ1) is 12.0. The third-order valence-electron chi connectivity index (χ3n) is 3.53. The van der Waals surface area contributed by atoms with Gasteiger partial charge in [0.1, 0.15) is 0 Å². The van der Waals surface area contributed by atoms with Crippen LogP contribution in [0.2, 0.25) is 0 Å². The average Bonchev–Trinajstić information content (AvgIpc) is 3.12. The summed E-state index contributed by atoms with van der Waals surface area (Å²) in [7, 11) is 0. The highest BCUT2D eigenvalue weighted by molar-refractivity contribution is 14.2. The molecule has 0 fully saturated rings. The summed E-state index contributed by atoms with van der Waals surface area (Å²) in [6, 6.07) is 0. The van der Waals surface area contributed by atoms with E-state index in [0.29, 0.717) is 18.0 Å². The molecule has 0 spiro atoms. The number of carbonyl (C=O) groups excluding carboxylic acids is 2. The molecule has 2 aromatic heterocycles. The van der Waals surface area contributed by atoms with E-state index in [1.54, 1.807) is 0 Å². The molecule has 2 aliphatic rings. The second-order valence-corrected chi connectivity index (χ2v) is 13.0. The summed E-state index contributed by atoms with van der Waals surface area (Å²) < 4.78 is 2.02. The van der Waals surface area contributed by atoms with Crippen molar-refractivity contribution in [2.45, 2.75) is 38.5 Å². The van der Waals surface area contributed by atoms with Gasteiger partial charge in [0, 0.05) is 12.8 Å². The number of carbonyl (C=O) groups is 2. The lowest BCUT2D eigenvalue weighted by Gasteiger charge is -2.05. The van der Waals surface area contributed by atoms with Gasteiger partial charge in [-0.25, -0.2) is 9.97 Å². The van der Waals surface area contributed by atoms with Crippen LogP contribution in [0, 0.1) is 0 Å². The van der Waals surface area contributed by atoms with Crippen molar-refractivity contribution >= 4 is 100 Å². The van der Waals surface area contributed by atoms with Crippen molar-refractivity contribution in [3.63, 3.8) is 0 Å². The smallest absolute Gasteiger partial charge is 0.180 e. The third-order valence-corrected chi connectivity index (χ3v) is 6.08. The zero-order chi connectivity index (χ0) is 18.4. The molecular weight excluding hydrogens is 652 g/mol. The number of rotatable bonds is 0. The Labute approximate surface area is 190 Å². The fourth-order valence-electron chi connectivity index (χ4n) is 2.53. The number of halogens is 3. The van der Waals surface area contributed by atoms with E-state index in [1.165, 1.54) is 25.1 Å². The molecule has 0 amide bonds. The van der Waals surface area contributed by atoms with Crippen molar-refractivity contribution in [2.24, 2.45) is 0 Å².